The first kappa shape index (κ1) is 22.9. The van der Waals surface area contributed by atoms with E-state index in [1.54, 1.807) is 18.2 Å². The molecule has 9 nitrogen and oxygen atoms in total. The van der Waals surface area contributed by atoms with Crippen LogP contribution in [0.5, 0.6) is 11.8 Å². The molecule has 0 aliphatic carbocycles. The normalized spacial score (nSPS) is 11.1. The number of aromatic amines is 1. The second kappa shape index (κ2) is 9.70. The minimum absolute atomic E-state index is 0.0936. The zero-order chi connectivity index (χ0) is 24.2. The van der Waals surface area contributed by atoms with Crippen molar-refractivity contribution in [1.29, 1.82) is 0 Å². The third-order valence-corrected chi connectivity index (χ3v) is 5.59. The largest absolute Gasteiger partial charge is 0.492 e. The Morgan fingerprint density at radius 1 is 0.971 bits per heavy atom. The number of nitrogens with zero attached hydrogens (tertiary/aromatic N) is 1. The fourth-order valence-electron chi connectivity index (χ4n) is 4.04. The van der Waals surface area contributed by atoms with Gasteiger partial charge in [-0.1, -0.05) is 18.6 Å². The monoisotopic (exact) mass is 463 g/mol. The molecule has 2 aromatic carbocycles. The molecular weight excluding hydrogens is 438 g/mol. The smallest absolute Gasteiger partial charge is 0.333 e. The van der Waals surface area contributed by atoms with E-state index in [1.807, 2.05) is 18.2 Å². The van der Waals surface area contributed by atoms with Crippen LogP contribution in [0, 0.1) is 0 Å². The van der Waals surface area contributed by atoms with Crippen LogP contribution in [0.25, 0.3) is 21.8 Å². The topological polar surface area (TPSA) is 134 Å². The number of H-pyrrole nitrogens is 1. The van der Waals surface area contributed by atoms with Crippen LogP contribution in [-0.4, -0.2) is 31.8 Å². The number of aryl methyl sites for hydroxylation is 1. The van der Waals surface area contributed by atoms with E-state index in [2.05, 4.69) is 10.3 Å². The Hall–Kier alpha value is -4.27. The summed E-state index contributed by atoms with van der Waals surface area (Å²) in [6.45, 7) is 1.42. The van der Waals surface area contributed by atoms with E-state index in [9.17, 15) is 24.6 Å². The van der Waals surface area contributed by atoms with Gasteiger partial charge in [0.2, 0.25) is 17.7 Å². The molecule has 0 aliphatic rings. The van der Waals surface area contributed by atoms with Gasteiger partial charge in [-0.15, -0.1) is 4.73 Å². The average molecular weight is 463 g/mol. The summed E-state index contributed by atoms with van der Waals surface area (Å²) in [6, 6.07) is 13.3. The summed E-state index contributed by atoms with van der Waals surface area (Å²) in [5.74, 6) is -1.55. The van der Waals surface area contributed by atoms with E-state index in [0.717, 1.165) is 11.1 Å². The molecule has 0 radical (unpaired) electrons. The van der Waals surface area contributed by atoms with Gasteiger partial charge in [0.15, 0.2) is 5.43 Å². The van der Waals surface area contributed by atoms with Crippen LogP contribution >= 0.6 is 0 Å². The van der Waals surface area contributed by atoms with Crippen molar-refractivity contribution in [3.8, 4) is 11.8 Å². The lowest BCUT2D eigenvalue weighted by Crippen LogP contribution is -2.18. The van der Waals surface area contributed by atoms with Crippen molar-refractivity contribution in [2.45, 2.75) is 39.0 Å². The van der Waals surface area contributed by atoms with Gasteiger partial charge in [-0.2, -0.15) is 0 Å². The number of anilines is 1. The summed E-state index contributed by atoms with van der Waals surface area (Å²) in [4.78, 5) is 45.3. The minimum atomic E-state index is -0.589. The number of amides is 1. The molecule has 0 saturated carbocycles. The van der Waals surface area contributed by atoms with Crippen molar-refractivity contribution in [3.05, 3.63) is 64.3 Å². The van der Waals surface area contributed by atoms with Gasteiger partial charge in [0.1, 0.15) is 0 Å². The van der Waals surface area contributed by atoms with Gasteiger partial charge in [-0.3, -0.25) is 9.59 Å². The molecule has 2 aromatic heterocycles. The molecule has 1 amide bonds. The van der Waals surface area contributed by atoms with E-state index in [-0.39, 0.29) is 29.5 Å². The van der Waals surface area contributed by atoms with Crippen molar-refractivity contribution in [2.75, 3.05) is 5.32 Å². The Balaban J connectivity index is 1.49. The zero-order valence-electron chi connectivity index (χ0n) is 18.6. The Labute approximate surface area is 194 Å². The Bertz CT molecular complexity index is 1420. The van der Waals surface area contributed by atoms with Crippen LogP contribution in [0.2, 0.25) is 0 Å². The van der Waals surface area contributed by atoms with Gasteiger partial charge in [0.05, 0.1) is 10.9 Å². The molecule has 2 heterocycles. The van der Waals surface area contributed by atoms with Crippen molar-refractivity contribution >= 4 is 39.4 Å². The highest BCUT2D eigenvalue weighted by Gasteiger charge is 2.15. The maximum absolute atomic E-state index is 13.3. The second-order valence-electron chi connectivity index (χ2n) is 8.06. The van der Waals surface area contributed by atoms with Crippen molar-refractivity contribution in [3.63, 3.8) is 0 Å². The zero-order valence-corrected chi connectivity index (χ0v) is 18.6. The molecular formula is C25H25N3O6. The number of carbonyl (C=O) groups excluding carboxylic acids is 2. The van der Waals surface area contributed by atoms with Crippen molar-refractivity contribution in [2.24, 2.45) is 0 Å². The van der Waals surface area contributed by atoms with E-state index >= 15 is 0 Å². The fraction of sp³-hybridized carbons (Fsp3) is 0.240. The number of aromatic hydroxyl groups is 2. The van der Waals surface area contributed by atoms with Crippen molar-refractivity contribution in [1.82, 2.24) is 9.71 Å². The number of pyridine rings is 1. The maximum Gasteiger partial charge on any atom is 0.333 e. The molecule has 176 valence electrons. The van der Waals surface area contributed by atoms with E-state index < -0.39 is 5.97 Å². The molecule has 0 aliphatic heterocycles. The highest BCUT2D eigenvalue weighted by Crippen LogP contribution is 2.27. The van der Waals surface area contributed by atoms with Crippen LogP contribution in [0.3, 0.4) is 0 Å². The minimum Gasteiger partial charge on any atom is -0.492 e. The number of nitrogens with one attached hydrogen (secondary N) is 2. The third kappa shape index (κ3) is 4.73. The fourth-order valence-corrected chi connectivity index (χ4v) is 4.04. The number of fused-ring (bicyclic) bond motifs is 2. The number of para-hydroxylation sites is 1. The molecule has 4 aromatic rings. The van der Waals surface area contributed by atoms with Gasteiger partial charge in [-0.25, -0.2) is 4.79 Å². The van der Waals surface area contributed by atoms with Crippen molar-refractivity contribution < 1.29 is 24.6 Å². The lowest BCUT2D eigenvalue weighted by atomic mass is 9.97. The summed E-state index contributed by atoms with van der Waals surface area (Å²) in [5, 5.41) is 23.0. The van der Waals surface area contributed by atoms with Gasteiger partial charge < -0.3 is 25.4 Å². The van der Waals surface area contributed by atoms with Gasteiger partial charge in [0.25, 0.3) is 0 Å². The summed E-state index contributed by atoms with van der Waals surface area (Å²) in [6.07, 6.45) is 2.48. The molecule has 4 rings (SSSR count). The number of aromatic nitrogens is 2. The first-order valence-corrected chi connectivity index (χ1v) is 11.0. The molecule has 0 atom stereocenters. The average Bonchev–Trinajstić information content (AvgIpc) is 3.11. The Kier molecular flexibility index (Phi) is 6.53. The van der Waals surface area contributed by atoms with Gasteiger partial charge >= 0.3 is 5.97 Å². The van der Waals surface area contributed by atoms with Gasteiger partial charge in [0, 0.05) is 42.1 Å². The lowest BCUT2D eigenvalue weighted by molar-refractivity contribution is -0.145. The second-order valence-corrected chi connectivity index (χ2v) is 8.06. The molecule has 9 heteroatoms. The van der Waals surface area contributed by atoms with Crippen LogP contribution in [0.4, 0.5) is 5.69 Å². The van der Waals surface area contributed by atoms with Crippen LogP contribution in [-0.2, 0) is 16.0 Å². The number of benzene rings is 2. The third-order valence-electron chi connectivity index (χ3n) is 5.59. The number of unbranched alkanes of at least 4 members (excludes halogenated alkanes) is 2. The molecule has 4 N–H and O–H groups in total. The lowest BCUT2D eigenvalue weighted by Gasteiger charge is -2.14. The summed E-state index contributed by atoms with van der Waals surface area (Å²) >= 11 is 0. The molecule has 0 saturated heterocycles. The summed E-state index contributed by atoms with van der Waals surface area (Å²) in [7, 11) is 0. The van der Waals surface area contributed by atoms with E-state index in [0.29, 0.717) is 52.4 Å². The van der Waals surface area contributed by atoms with Gasteiger partial charge in [-0.05, 0) is 49.1 Å². The van der Waals surface area contributed by atoms with Crippen LogP contribution < -0.4 is 15.6 Å². The number of rotatable bonds is 8. The molecule has 0 unspecified atom stereocenters. The predicted octanol–water partition coefficient (Wildman–Crippen LogP) is 3.61. The van der Waals surface area contributed by atoms with E-state index in [1.165, 1.54) is 19.1 Å². The Morgan fingerprint density at radius 3 is 2.44 bits per heavy atom. The summed E-state index contributed by atoms with van der Waals surface area (Å²) < 4.78 is 0.661. The van der Waals surface area contributed by atoms with Crippen LogP contribution in [0.1, 0.15) is 38.2 Å². The first-order chi connectivity index (χ1) is 16.3. The maximum atomic E-state index is 13.3. The van der Waals surface area contributed by atoms with E-state index in [4.69, 9.17) is 4.84 Å². The first-order valence-electron chi connectivity index (χ1n) is 11.0. The summed E-state index contributed by atoms with van der Waals surface area (Å²) in [5.41, 5.74) is 2.70. The molecule has 0 spiro atoms. The highest BCUT2D eigenvalue weighted by molar-refractivity contribution is 5.99. The molecule has 34 heavy (non-hydrogen) atoms. The number of hydrogen-bond acceptors (Lipinski definition) is 6. The number of hydrogen-bond donors (Lipinski definition) is 4. The standard InChI is InChI=1S/C25H25N3O6/c1-15(29)26-19-11-12-20-24(25(33)17-8-5-6-9-18(17)27-20)16(19)7-3-2-4-10-23(32)34-28-21(30)13-14-22(28)31/h5-6,8-9,11-14,30-31H,2-4,7,10H2,1H3,(H,26,29)(H,27,33). The van der Waals surface area contributed by atoms with Crippen LogP contribution in [0.15, 0.2) is 53.3 Å². The number of carbonyl (C=O) groups is 2. The quantitative estimate of drug-likeness (QED) is 0.233. The highest BCUT2D eigenvalue weighted by atomic mass is 16.7. The Morgan fingerprint density at radius 2 is 1.71 bits per heavy atom. The molecule has 0 bridgehead atoms. The molecule has 0 fully saturated rings. The predicted molar refractivity (Wildman–Crippen MR) is 128 cm³/mol. The SMILES string of the molecule is CC(=O)Nc1ccc2[nH]c3ccccc3c(=O)c2c1CCCCCC(=O)On1c(O)ccc1O.